The standard InChI is InChI=1S/C21H20N4O2S/c1-14-20-19(16-8-2-3-9-17(16)28-20)21(27)25(24-14)12-6-10-18(26)23-13-15-7-4-5-11-22-15/h2-5,7-9,11H,6,10,12-13H2,1H3,(H,23,26). The highest BCUT2D eigenvalue weighted by atomic mass is 32.1. The Morgan fingerprint density at radius 1 is 1.18 bits per heavy atom. The molecule has 4 rings (SSSR count). The van der Waals surface area contributed by atoms with Crippen molar-refractivity contribution in [3.63, 3.8) is 0 Å². The van der Waals surface area contributed by atoms with E-state index >= 15 is 0 Å². The first-order valence-corrected chi connectivity index (χ1v) is 10.0. The zero-order valence-corrected chi connectivity index (χ0v) is 16.3. The maximum Gasteiger partial charge on any atom is 0.276 e. The number of fused-ring (bicyclic) bond motifs is 3. The summed E-state index contributed by atoms with van der Waals surface area (Å²) in [6, 6.07) is 13.5. The molecule has 0 saturated heterocycles. The van der Waals surface area contributed by atoms with Crippen molar-refractivity contribution < 1.29 is 4.79 Å². The quantitative estimate of drug-likeness (QED) is 0.545. The first-order chi connectivity index (χ1) is 13.6. The van der Waals surface area contributed by atoms with Gasteiger partial charge in [-0.05, 0) is 31.5 Å². The molecule has 142 valence electrons. The van der Waals surface area contributed by atoms with Crippen molar-refractivity contribution in [1.29, 1.82) is 0 Å². The summed E-state index contributed by atoms with van der Waals surface area (Å²) < 4.78 is 3.52. The van der Waals surface area contributed by atoms with E-state index in [1.54, 1.807) is 17.5 Å². The summed E-state index contributed by atoms with van der Waals surface area (Å²) in [5, 5.41) is 9.01. The SMILES string of the molecule is Cc1nn(CCCC(=O)NCc2ccccn2)c(=O)c2c1sc1ccccc12. The van der Waals surface area contributed by atoms with Gasteiger partial charge in [-0.2, -0.15) is 5.10 Å². The molecular weight excluding hydrogens is 372 g/mol. The molecule has 3 aromatic heterocycles. The number of thiophene rings is 1. The second-order valence-corrected chi connectivity index (χ2v) is 7.67. The Labute approximate surface area is 165 Å². The van der Waals surface area contributed by atoms with Crippen molar-refractivity contribution in [3.8, 4) is 0 Å². The van der Waals surface area contributed by atoms with Gasteiger partial charge in [0.25, 0.3) is 5.56 Å². The Morgan fingerprint density at radius 3 is 2.82 bits per heavy atom. The fourth-order valence-electron chi connectivity index (χ4n) is 3.23. The highest BCUT2D eigenvalue weighted by Gasteiger charge is 2.14. The molecule has 0 fully saturated rings. The van der Waals surface area contributed by atoms with Gasteiger partial charge in [-0.15, -0.1) is 11.3 Å². The Kier molecular flexibility index (Phi) is 5.16. The number of aromatic nitrogens is 3. The second-order valence-electron chi connectivity index (χ2n) is 6.62. The zero-order chi connectivity index (χ0) is 19.5. The van der Waals surface area contributed by atoms with Gasteiger partial charge < -0.3 is 5.32 Å². The van der Waals surface area contributed by atoms with Gasteiger partial charge in [0.2, 0.25) is 5.91 Å². The van der Waals surface area contributed by atoms with Crippen molar-refractivity contribution in [3.05, 3.63) is 70.4 Å². The van der Waals surface area contributed by atoms with E-state index in [-0.39, 0.29) is 11.5 Å². The number of nitrogens with one attached hydrogen (secondary N) is 1. The lowest BCUT2D eigenvalue weighted by Crippen LogP contribution is -2.26. The predicted molar refractivity (Wildman–Crippen MR) is 111 cm³/mol. The van der Waals surface area contributed by atoms with E-state index in [0.29, 0.717) is 25.9 Å². The van der Waals surface area contributed by atoms with Gasteiger partial charge in [0, 0.05) is 29.2 Å². The first kappa shape index (κ1) is 18.3. The smallest absolute Gasteiger partial charge is 0.276 e. The number of rotatable bonds is 6. The maximum atomic E-state index is 12.9. The van der Waals surface area contributed by atoms with Crippen LogP contribution < -0.4 is 10.9 Å². The summed E-state index contributed by atoms with van der Waals surface area (Å²) in [4.78, 5) is 29.2. The van der Waals surface area contributed by atoms with Gasteiger partial charge in [0.1, 0.15) is 0 Å². The largest absolute Gasteiger partial charge is 0.350 e. The molecule has 0 saturated carbocycles. The van der Waals surface area contributed by atoms with E-state index in [9.17, 15) is 9.59 Å². The Balaban J connectivity index is 1.45. The third kappa shape index (κ3) is 3.66. The van der Waals surface area contributed by atoms with Crippen molar-refractivity contribution in [2.75, 3.05) is 0 Å². The van der Waals surface area contributed by atoms with Crippen LogP contribution in [0.3, 0.4) is 0 Å². The number of carbonyl (C=O) groups excluding carboxylic acids is 1. The summed E-state index contributed by atoms with van der Waals surface area (Å²) in [5.41, 5.74) is 1.57. The van der Waals surface area contributed by atoms with E-state index < -0.39 is 0 Å². The van der Waals surface area contributed by atoms with Crippen LogP contribution in [0.4, 0.5) is 0 Å². The Morgan fingerprint density at radius 2 is 2.00 bits per heavy atom. The number of aryl methyl sites for hydroxylation is 2. The number of pyridine rings is 1. The molecule has 3 heterocycles. The molecule has 28 heavy (non-hydrogen) atoms. The summed E-state index contributed by atoms with van der Waals surface area (Å²) in [7, 11) is 0. The minimum absolute atomic E-state index is 0.0579. The fraction of sp³-hybridized carbons (Fsp3) is 0.238. The molecule has 4 aromatic rings. The van der Waals surface area contributed by atoms with Crippen LogP contribution in [0.1, 0.15) is 24.2 Å². The van der Waals surface area contributed by atoms with Gasteiger partial charge in [0.05, 0.1) is 28.0 Å². The molecule has 7 heteroatoms. The van der Waals surface area contributed by atoms with Crippen LogP contribution in [0.2, 0.25) is 0 Å². The molecule has 1 amide bonds. The van der Waals surface area contributed by atoms with Crippen LogP contribution in [0, 0.1) is 6.92 Å². The molecular formula is C21H20N4O2S. The lowest BCUT2D eigenvalue weighted by atomic mass is 10.2. The van der Waals surface area contributed by atoms with Crippen molar-refractivity contribution >= 4 is 37.4 Å². The third-order valence-electron chi connectivity index (χ3n) is 4.61. The topological polar surface area (TPSA) is 76.9 Å². The molecule has 0 aliphatic heterocycles. The minimum Gasteiger partial charge on any atom is -0.350 e. The van der Waals surface area contributed by atoms with E-state index in [0.717, 1.165) is 31.6 Å². The third-order valence-corrected chi connectivity index (χ3v) is 5.89. The van der Waals surface area contributed by atoms with E-state index in [1.165, 1.54) is 4.68 Å². The monoisotopic (exact) mass is 392 g/mol. The molecule has 1 aromatic carbocycles. The van der Waals surface area contributed by atoms with Gasteiger partial charge >= 0.3 is 0 Å². The lowest BCUT2D eigenvalue weighted by molar-refractivity contribution is -0.121. The lowest BCUT2D eigenvalue weighted by Gasteiger charge is -2.07. The highest BCUT2D eigenvalue weighted by molar-refractivity contribution is 7.26. The zero-order valence-electron chi connectivity index (χ0n) is 15.5. The average Bonchev–Trinajstić information content (AvgIpc) is 3.11. The molecule has 6 nitrogen and oxygen atoms in total. The molecule has 0 aliphatic carbocycles. The Hall–Kier alpha value is -3.06. The first-order valence-electron chi connectivity index (χ1n) is 9.19. The molecule has 0 radical (unpaired) electrons. The predicted octanol–water partition coefficient (Wildman–Crippen LogP) is 3.41. The number of amides is 1. The molecule has 1 N–H and O–H groups in total. The van der Waals surface area contributed by atoms with E-state index in [1.807, 2.05) is 49.4 Å². The number of hydrogen-bond donors (Lipinski definition) is 1. The fourth-order valence-corrected chi connectivity index (χ4v) is 4.37. The minimum atomic E-state index is -0.0908. The van der Waals surface area contributed by atoms with Crippen LogP contribution in [-0.2, 0) is 17.9 Å². The van der Waals surface area contributed by atoms with Crippen molar-refractivity contribution in [1.82, 2.24) is 20.1 Å². The number of nitrogens with zero attached hydrogens (tertiary/aromatic N) is 3. The number of carbonyl (C=O) groups is 1. The van der Waals surface area contributed by atoms with Gasteiger partial charge in [0.15, 0.2) is 0 Å². The maximum absolute atomic E-state index is 12.9. The van der Waals surface area contributed by atoms with E-state index in [4.69, 9.17) is 0 Å². The van der Waals surface area contributed by atoms with Crippen LogP contribution >= 0.6 is 11.3 Å². The molecule has 0 spiro atoms. The Bertz CT molecular complexity index is 1200. The molecule has 0 atom stereocenters. The second kappa shape index (κ2) is 7.90. The van der Waals surface area contributed by atoms with Crippen LogP contribution in [0.25, 0.3) is 20.2 Å². The van der Waals surface area contributed by atoms with Gasteiger partial charge in [-0.25, -0.2) is 4.68 Å². The normalized spacial score (nSPS) is 11.2. The molecule has 0 bridgehead atoms. The van der Waals surface area contributed by atoms with Gasteiger partial charge in [-0.1, -0.05) is 24.3 Å². The van der Waals surface area contributed by atoms with Crippen LogP contribution in [0.5, 0.6) is 0 Å². The van der Waals surface area contributed by atoms with Crippen molar-refractivity contribution in [2.45, 2.75) is 32.9 Å². The van der Waals surface area contributed by atoms with E-state index in [2.05, 4.69) is 15.4 Å². The summed E-state index contributed by atoms with van der Waals surface area (Å²) in [6.45, 7) is 2.74. The van der Waals surface area contributed by atoms with Crippen molar-refractivity contribution in [2.24, 2.45) is 0 Å². The average molecular weight is 392 g/mol. The number of hydrogen-bond acceptors (Lipinski definition) is 5. The summed E-state index contributed by atoms with van der Waals surface area (Å²) in [5.74, 6) is -0.0579. The summed E-state index contributed by atoms with van der Waals surface area (Å²) >= 11 is 1.60. The highest BCUT2D eigenvalue weighted by Crippen LogP contribution is 2.32. The number of benzene rings is 1. The van der Waals surface area contributed by atoms with Crippen LogP contribution in [0.15, 0.2) is 53.5 Å². The summed E-state index contributed by atoms with van der Waals surface area (Å²) in [6.07, 6.45) is 2.59. The van der Waals surface area contributed by atoms with Crippen LogP contribution in [-0.4, -0.2) is 20.7 Å². The molecule has 0 unspecified atom stereocenters. The van der Waals surface area contributed by atoms with Gasteiger partial charge in [-0.3, -0.25) is 14.6 Å². The molecule has 0 aliphatic rings.